The van der Waals surface area contributed by atoms with E-state index < -0.39 is 40.9 Å². The Hall–Kier alpha value is -3.10. The molecule has 1 N–H and O–H groups in total. The van der Waals surface area contributed by atoms with Crippen molar-refractivity contribution in [2.75, 3.05) is 14.1 Å². The van der Waals surface area contributed by atoms with Crippen LogP contribution in [-0.2, 0) is 36.6 Å². The maximum atomic E-state index is 13.6. The predicted molar refractivity (Wildman–Crippen MR) is 132 cm³/mol. The minimum absolute atomic E-state index is 0.0694. The van der Waals surface area contributed by atoms with Crippen LogP contribution in [0.4, 0.5) is 4.39 Å². The van der Waals surface area contributed by atoms with Crippen molar-refractivity contribution in [3.63, 3.8) is 0 Å². The van der Waals surface area contributed by atoms with Crippen molar-refractivity contribution in [1.29, 1.82) is 0 Å². The molecule has 0 saturated carbocycles. The van der Waals surface area contributed by atoms with Gasteiger partial charge in [0.2, 0.25) is 9.84 Å². The van der Waals surface area contributed by atoms with E-state index in [0.717, 1.165) is 32.5 Å². The van der Waals surface area contributed by atoms with Crippen LogP contribution in [0.1, 0.15) is 5.56 Å². The molecule has 0 atom stereocenters. The van der Waals surface area contributed by atoms with E-state index in [4.69, 9.17) is 0 Å². The van der Waals surface area contributed by atoms with Gasteiger partial charge < -0.3 is 0 Å². The van der Waals surface area contributed by atoms with Crippen LogP contribution in [0.2, 0.25) is 0 Å². The predicted octanol–water partition coefficient (Wildman–Crippen LogP) is 2.75. The van der Waals surface area contributed by atoms with Gasteiger partial charge in [0.25, 0.3) is 20.2 Å². The highest BCUT2D eigenvalue weighted by molar-refractivity contribution is 7.93. The van der Waals surface area contributed by atoms with Crippen LogP contribution < -0.4 is 4.72 Å². The van der Waals surface area contributed by atoms with Crippen LogP contribution in [-0.4, -0.2) is 47.6 Å². The second-order valence-electron chi connectivity index (χ2n) is 8.02. The van der Waals surface area contributed by atoms with Gasteiger partial charge in [0.1, 0.15) is 5.82 Å². The molecule has 4 aromatic rings. The minimum atomic E-state index is -4.41. The number of fused-ring (bicyclic) bond motifs is 1. The zero-order chi connectivity index (χ0) is 26.3. The third kappa shape index (κ3) is 4.80. The molecule has 0 aliphatic heterocycles. The third-order valence-corrected chi connectivity index (χ3v) is 10.5. The summed E-state index contributed by atoms with van der Waals surface area (Å²) >= 11 is 0. The fraction of sp³-hybridized carbons (Fsp3) is 0.130. The third-order valence-electron chi connectivity index (χ3n) is 5.43. The average Bonchev–Trinajstić information content (AvgIpc) is 3.25. The lowest BCUT2D eigenvalue weighted by Gasteiger charge is -2.14. The summed E-state index contributed by atoms with van der Waals surface area (Å²) in [6.45, 7) is -0.0694. The lowest BCUT2D eigenvalue weighted by molar-refractivity contribution is 0.505. The van der Waals surface area contributed by atoms with Crippen LogP contribution in [0.25, 0.3) is 10.9 Å². The molecule has 36 heavy (non-hydrogen) atoms. The quantitative estimate of drug-likeness (QED) is 0.359. The Morgan fingerprint density at radius 2 is 1.39 bits per heavy atom. The first kappa shape index (κ1) is 26.0. The molecule has 0 radical (unpaired) electrons. The number of para-hydroxylation sites is 1. The van der Waals surface area contributed by atoms with Crippen molar-refractivity contribution < 1.29 is 29.6 Å². The van der Waals surface area contributed by atoms with E-state index in [1.165, 1.54) is 50.5 Å². The maximum absolute atomic E-state index is 13.6. The van der Waals surface area contributed by atoms with Crippen molar-refractivity contribution >= 4 is 41.0 Å². The summed E-state index contributed by atoms with van der Waals surface area (Å²) in [5.41, 5.74) is 0.647. The molecule has 9 nitrogen and oxygen atoms in total. The van der Waals surface area contributed by atoms with Crippen LogP contribution >= 0.6 is 0 Å². The molecule has 190 valence electrons. The van der Waals surface area contributed by atoms with E-state index in [0.29, 0.717) is 10.9 Å². The zero-order valence-corrected chi connectivity index (χ0v) is 21.6. The van der Waals surface area contributed by atoms with Gasteiger partial charge in [-0.3, -0.25) is 0 Å². The maximum Gasteiger partial charge on any atom is 0.279 e. The Morgan fingerprint density at radius 3 is 2.00 bits per heavy atom. The Morgan fingerprint density at radius 1 is 0.806 bits per heavy atom. The first-order valence-electron chi connectivity index (χ1n) is 10.5. The van der Waals surface area contributed by atoms with Crippen LogP contribution in [0.15, 0.2) is 93.7 Å². The second kappa shape index (κ2) is 9.41. The van der Waals surface area contributed by atoms with Crippen LogP contribution in [0, 0.1) is 5.82 Å². The van der Waals surface area contributed by atoms with E-state index in [-0.39, 0.29) is 21.9 Å². The largest absolute Gasteiger partial charge is 0.279 e. The molecule has 1 aromatic heterocycles. The van der Waals surface area contributed by atoms with Gasteiger partial charge in [0.15, 0.2) is 5.03 Å². The highest BCUT2D eigenvalue weighted by Gasteiger charge is 2.31. The van der Waals surface area contributed by atoms with Gasteiger partial charge in [-0.05, 0) is 54.1 Å². The summed E-state index contributed by atoms with van der Waals surface area (Å²) < 4.78 is 95.6. The van der Waals surface area contributed by atoms with E-state index in [9.17, 15) is 29.6 Å². The van der Waals surface area contributed by atoms with Crippen molar-refractivity contribution in [3.8, 4) is 0 Å². The standard InChI is InChI=1S/C23H22FN3O6S3/c1-26(2)36(32,33)25-16-17-7-11-20(12-8-17)34(28,29)23-15-18-5-3-4-6-22(18)27(23)35(30,31)21-13-9-19(24)10-14-21/h3-15,25H,16H2,1-2H3. The Balaban J connectivity index is 1.79. The molecular formula is C23H22FN3O6S3. The number of nitrogens with zero attached hydrogens (tertiary/aromatic N) is 2. The van der Waals surface area contributed by atoms with Gasteiger partial charge in [-0.25, -0.2) is 25.2 Å². The van der Waals surface area contributed by atoms with Gasteiger partial charge in [-0.15, -0.1) is 0 Å². The molecule has 0 unspecified atom stereocenters. The Labute approximate surface area is 208 Å². The van der Waals surface area contributed by atoms with E-state index in [1.54, 1.807) is 18.2 Å². The van der Waals surface area contributed by atoms with Gasteiger partial charge in [-0.1, -0.05) is 30.3 Å². The number of aromatic nitrogens is 1. The lowest BCUT2D eigenvalue weighted by Crippen LogP contribution is -2.35. The Bertz CT molecular complexity index is 1750. The summed E-state index contributed by atoms with van der Waals surface area (Å²) in [6, 6.07) is 17.1. The minimum Gasteiger partial charge on any atom is -0.222 e. The molecule has 3 aromatic carbocycles. The SMILES string of the molecule is CN(C)S(=O)(=O)NCc1ccc(S(=O)(=O)c2cc3ccccc3n2S(=O)(=O)c2ccc(F)cc2)cc1. The molecule has 0 spiro atoms. The smallest absolute Gasteiger partial charge is 0.222 e. The molecule has 0 fully saturated rings. The number of rotatable bonds is 8. The zero-order valence-electron chi connectivity index (χ0n) is 19.2. The van der Waals surface area contributed by atoms with Crippen molar-refractivity contribution in [2.45, 2.75) is 21.4 Å². The summed E-state index contributed by atoms with van der Waals surface area (Å²) in [4.78, 5) is -0.453. The molecule has 13 heteroatoms. The molecule has 0 bridgehead atoms. The first-order valence-corrected chi connectivity index (χ1v) is 14.8. The first-order chi connectivity index (χ1) is 16.8. The molecule has 0 aliphatic carbocycles. The molecule has 0 aliphatic rings. The van der Waals surface area contributed by atoms with Gasteiger partial charge >= 0.3 is 0 Å². The summed E-state index contributed by atoms with van der Waals surface area (Å²) in [6.07, 6.45) is 0. The lowest BCUT2D eigenvalue weighted by atomic mass is 10.2. The molecule has 1 heterocycles. The normalized spacial score (nSPS) is 12.9. The van der Waals surface area contributed by atoms with E-state index in [1.807, 2.05) is 0 Å². The monoisotopic (exact) mass is 551 g/mol. The number of hydrogen-bond donors (Lipinski definition) is 1. The number of halogens is 1. The fourth-order valence-electron chi connectivity index (χ4n) is 3.46. The number of sulfone groups is 1. The number of hydrogen-bond acceptors (Lipinski definition) is 6. The Kier molecular flexibility index (Phi) is 6.79. The van der Waals surface area contributed by atoms with Crippen LogP contribution in [0.3, 0.4) is 0 Å². The van der Waals surface area contributed by atoms with E-state index >= 15 is 0 Å². The van der Waals surface area contributed by atoms with Crippen molar-refractivity contribution in [1.82, 2.24) is 13.0 Å². The van der Waals surface area contributed by atoms with Crippen LogP contribution in [0.5, 0.6) is 0 Å². The van der Waals surface area contributed by atoms with Gasteiger partial charge in [0.05, 0.1) is 15.3 Å². The van der Waals surface area contributed by atoms with Gasteiger partial charge in [-0.2, -0.15) is 17.4 Å². The van der Waals surface area contributed by atoms with E-state index in [2.05, 4.69) is 4.72 Å². The highest BCUT2D eigenvalue weighted by Crippen LogP contribution is 2.32. The molecule has 4 rings (SSSR count). The topological polar surface area (TPSA) is 123 Å². The van der Waals surface area contributed by atoms with Crippen molar-refractivity contribution in [3.05, 3.63) is 90.2 Å². The van der Waals surface area contributed by atoms with Crippen molar-refractivity contribution in [2.24, 2.45) is 0 Å². The second-order valence-corrected chi connectivity index (χ2v) is 13.7. The number of benzene rings is 3. The fourth-order valence-corrected chi connectivity index (χ4v) is 7.40. The summed E-state index contributed by atoms with van der Waals surface area (Å²) in [5.74, 6) is -0.632. The summed E-state index contributed by atoms with van der Waals surface area (Å²) in [7, 11) is -9.68. The molecule has 0 saturated heterocycles. The highest BCUT2D eigenvalue weighted by atomic mass is 32.2. The molecule has 0 amide bonds. The summed E-state index contributed by atoms with van der Waals surface area (Å²) in [5, 5.41) is -0.0921. The average molecular weight is 552 g/mol. The number of nitrogens with one attached hydrogen (secondary N) is 1. The van der Waals surface area contributed by atoms with Gasteiger partial charge in [0, 0.05) is 26.0 Å². The molecular weight excluding hydrogens is 529 g/mol.